The van der Waals surface area contributed by atoms with E-state index < -0.39 is 5.97 Å². The lowest BCUT2D eigenvalue weighted by atomic mass is 9.60. The van der Waals surface area contributed by atoms with Gasteiger partial charge in [-0.2, -0.15) is 0 Å². The molecule has 2 aliphatic rings. The second-order valence-corrected chi connectivity index (χ2v) is 8.16. The zero-order chi connectivity index (χ0) is 17.2. The SMILES string of the molecule is CC1=CCC2(CC1=O)C(C)CCC2C(C)CCCC(C)C(=O)O. The highest BCUT2D eigenvalue weighted by molar-refractivity contribution is 5.96. The number of ketones is 1. The molecular formula is C20H32O3. The smallest absolute Gasteiger partial charge is 0.306 e. The van der Waals surface area contributed by atoms with Crippen molar-refractivity contribution < 1.29 is 14.7 Å². The van der Waals surface area contributed by atoms with Crippen molar-refractivity contribution >= 4 is 11.8 Å². The van der Waals surface area contributed by atoms with Gasteiger partial charge in [-0.15, -0.1) is 0 Å². The normalized spacial score (nSPS) is 33.6. The number of aliphatic carboxylic acids is 1. The fourth-order valence-electron chi connectivity index (χ4n) is 4.92. The van der Waals surface area contributed by atoms with Crippen LogP contribution in [0.4, 0.5) is 0 Å². The first kappa shape index (κ1) is 18.2. The summed E-state index contributed by atoms with van der Waals surface area (Å²) in [5, 5.41) is 9.00. The summed E-state index contributed by atoms with van der Waals surface area (Å²) in [4.78, 5) is 23.3. The molecule has 1 N–H and O–H groups in total. The van der Waals surface area contributed by atoms with E-state index in [9.17, 15) is 9.59 Å². The first-order chi connectivity index (χ1) is 10.8. The summed E-state index contributed by atoms with van der Waals surface area (Å²) in [5.41, 5.74) is 1.10. The number of hydrogen-bond acceptors (Lipinski definition) is 2. The zero-order valence-corrected chi connectivity index (χ0v) is 15.1. The molecule has 3 heteroatoms. The summed E-state index contributed by atoms with van der Waals surface area (Å²) in [6.07, 6.45) is 9.18. The van der Waals surface area contributed by atoms with E-state index >= 15 is 0 Å². The maximum absolute atomic E-state index is 12.3. The molecule has 0 aromatic heterocycles. The molecule has 1 fully saturated rings. The number of hydrogen-bond donors (Lipinski definition) is 1. The lowest BCUT2D eigenvalue weighted by Gasteiger charge is -2.43. The van der Waals surface area contributed by atoms with E-state index in [2.05, 4.69) is 19.9 Å². The van der Waals surface area contributed by atoms with Crippen LogP contribution < -0.4 is 0 Å². The Balaban J connectivity index is 2.00. The lowest BCUT2D eigenvalue weighted by Crippen LogP contribution is -2.38. The highest BCUT2D eigenvalue weighted by Crippen LogP contribution is 2.57. The average molecular weight is 320 g/mol. The largest absolute Gasteiger partial charge is 0.481 e. The first-order valence-electron chi connectivity index (χ1n) is 9.20. The molecule has 0 radical (unpaired) electrons. The number of carboxylic acid groups (broad SMARTS) is 1. The molecule has 0 bridgehead atoms. The van der Waals surface area contributed by atoms with Gasteiger partial charge in [0, 0.05) is 6.42 Å². The van der Waals surface area contributed by atoms with E-state index in [4.69, 9.17) is 5.11 Å². The summed E-state index contributed by atoms with van der Waals surface area (Å²) in [5.74, 6) is 1.18. The van der Waals surface area contributed by atoms with Crippen molar-refractivity contribution in [3.8, 4) is 0 Å². The van der Waals surface area contributed by atoms with E-state index in [0.717, 1.165) is 37.7 Å². The third-order valence-electron chi connectivity index (χ3n) is 6.75. The van der Waals surface area contributed by atoms with Crippen LogP contribution >= 0.6 is 0 Å². The Morgan fingerprint density at radius 1 is 1.35 bits per heavy atom. The maximum atomic E-state index is 12.3. The Kier molecular flexibility index (Phi) is 5.70. The molecule has 2 rings (SSSR count). The molecule has 2 aliphatic carbocycles. The predicted molar refractivity (Wildman–Crippen MR) is 92.1 cm³/mol. The van der Waals surface area contributed by atoms with Gasteiger partial charge in [0.1, 0.15) is 0 Å². The van der Waals surface area contributed by atoms with Crippen molar-refractivity contribution in [3.63, 3.8) is 0 Å². The van der Waals surface area contributed by atoms with E-state index in [1.165, 1.54) is 12.8 Å². The number of carbonyl (C=O) groups excluding carboxylic acids is 1. The molecule has 0 aliphatic heterocycles. The summed E-state index contributed by atoms with van der Waals surface area (Å²) in [7, 11) is 0. The zero-order valence-electron chi connectivity index (χ0n) is 15.1. The van der Waals surface area contributed by atoms with Gasteiger partial charge in [-0.1, -0.05) is 39.7 Å². The first-order valence-corrected chi connectivity index (χ1v) is 9.20. The Bertz CT molecular complexity index is 493. The molecule has 130 valence electrons. The van der Waals surface area contributed by atoms with E-state index in [1.807, 2.05) is 6.92 Å². The Morgan fingerprint density at radius 2 is 2.04 bits per heavy atom. The van der Waals surface area contributed by atoms with Crippen LogP contribution in [0.25, 0.3) is 0 Å². The van der Waals surface area contributed by atoms with Crippen LogP contribution in [0.15, 0.2) is 11.6 Å². The molecule has 0 aromatic carbocycles. The van der Waals surface area contributed by atoms with Crippen LogP contribution in [0.1, 0.15) is 72.6 Å². The van der Waals surface area contributed by atoms with Crippen molar-refractivity contribution in [2.75, 3.05) is 0 Å². The van der Waals surface area contributed by atoms with Gasteiger partial charge in [0.25, 0.3) is 0 Å². The van der Waals surface area contributed by atoms with E-state index in [-0.39, 0.29) is 11.3 Å². The molecule has 1 saturated carbocycles. The molecule has 0 saturated heterocycles. The molecule has 1 spiro atoms. The minimum Gasteiger partial charge on any atom is -0.481 e. The fourth-order valence-corrected chi connectivity index (χ4v) is 4.92. The Morgan fingerprint density at radius 3 is 2.65 bits per heavy atom. The monoisotopic (exact) mass is 320 g/mol. The fraction of sp³-hybridized carbons (Fsp3) is 0.800. The number of carboxylic acids is 1. The van der Waals surface area contributed by atoms with Crippen LogP contribution in [-0.2, 0) is 9.59 Å². The van der Waals surface area contributed by atoms with E-state index in [1.54, 1.807) is 6.92 Å². The van der Waals surface area contributed by atoms with Crippen LogP contribution in [0, 0.1) is 29.1 Å². The van der Waals surface area contributed by atoms with Gasteiger partial charge in [-0.05, 0) is 61.3 Å². The summed E-state index contributed by atoms with van der Waals surface area (Å²) in [6.45, 7) is 8.37. The molecule has 0 aromatic rings. The van der Waals surface area contributed by atoms with Crippen molar-refractivity contribution in [3.05, 3.63) is 11.6 Å². The van der Waals surface area contributed by atoms with Crippen LogP contribution in [0.5, 0.6) is 0 Å². The van der Waals surface area contributed by atoms with Crippen molar-refractivity contribution in [1.29, 1.82) is 0 Å². The second-order valence-electron chi connectivity index (χ2n) is 8.16. The van der Waals surface area contributed by atoms with Gasteiger partial charge in [-0.3, -0.25) is 9.59 Å². The average Bonchev–Trinajstić information content (AvgIpc) is 2.80. The van der Waals surface area contributed by atoms with Crippen molar-refractivity contribution in [1.82, 2.24) is 0 Å². The third-order valence-corrected chi connectivity index (χ3v) is 6.75. The van der Waals surface area contributed by atoms with Gasteiger partial charge >= 0.3 is 5.97 Å². The number of allylic oxidation sites excluding steroid dienone is 2. The molecule has 0 amide bonds. The minimum atomic E-state index is -0.692. The highest BCUT2D eigenvalue weighted by Gasteiger charge is 2.51. The number of carbonyl (C=O) groups is 2. The second kappa shape index (κ2) is 7.19. The Hall–Kier alpha value is -1.12. The predicted octanol–water partition coefficient (Wildman–Crippen LogP) is 4.86. The molecule has 0 heterocycles. The Labute approximate surface area is 140 Å². The molecule has 5 atom stereocenters. The van der Waals surface area contributed by atoms with Crippen LogP contribution in [-0.4, -0.2) is 16.9 Å². The summed E-state index contributed by atoms with van der Waals surface area (Å²) >= 11 is 0. The maximum Gasteiger partial charge on any atom is 0.306 e. The molecule has 23 heavy (non-hydrogen) atoms. The van der Waals surface area contributed by atoms with Crippen molar-refractivity contribution in [2.24, 2.45) is 29.1 Å². The topological polar surface area (TPSA) is 54.4 Å². The third kappa shape index (κ3) is 3.70. The van der Waals surface area contributed by atoms with Gasteiger partial charge in [0.15, 0.2) is 5.78 Å². The molecule has 3 nitrogen and oxygen atoms in total. The van der Waals surface area contributed by atoms with Crippen LogP contribution in [0.2, 0.25) is 0 Å². The van der Waals surface area contributed by atoms with Gasteiger partial charge < -0.3 is 5.11 Å². The van der Waals surface area contributed by atoms with Gasteiger partial charge in [0.05, 0.1) is 5.92 Å². The minimum absolute atomic E-state index is 0.161. The van der Waals surface area contributed by atoms with Gasteiger partial charge in [0.2, 0.25) is 0 Å². The lowest BCUT2D eigenvalue weighted by molar-refractivity contribution is -0.141. The highest BCUT2D eigenvalue weighted by atomic mass is 16.4. The quantitative estimate of drug-likeness (QED) is 0.760. The van der Waals surface area contributed by atoms with E-state index in [0.29, 0.717) is 23.5 Å². The molecule has 5 unspecified atom stereocenters. The van der Waals surface area contributed by atoms with Crippen LogP contribution in [0.3, 0.4) is 0 Å². The number of Topliss-reactive ketones (excluding diaryl/α,β-unsaturated/α-hetero) is 1. The van der Waals surface area contributed by atoms with Crippen molar-refractivity contribution in [2.45, 2.75) is 72.6 Å². The molecular weight excluding hydrogens is 288 g/mol. The van der Waals surface area contributed by atoms with Gasteiger partial charge in [-0.25, -0.2) is 0 Å². The standard InChI is InChI=1S/C20H32O3/c1-13(6-5-7-15(3)19(22)23)17-9-8-16(4)20(17)11-10-14(2)18(21)12-20/h10,13,15-17H,5-9,11-12H2,1-4H3,(H,22,23). The number of rotatable bonds is 6. The summed E-state index contributed by atoms with van der Waals surface area (Å²) < 4.78 is 0. The summed E-state index contributed by atoms with van der Waals surface area (Å²) in [6, 6.07) is 0.